The third-order valence-corrected chi connectivity index (χ3v) is 6.48. The summed E-state index contributed by atoms with van der Waals surface area (Å²) in [5.74, 6) is -0.734. The summed E-state index contributed by atoms with van der Waals surface area (Å²) in [6, 6.07) is 3.71. The molecule has 0 atom stereocenters. The predicted molar refractivity (Wildman–Crippen MR) is 94.0 cm³/mol. The van der Waals surface area contributed by atoms with Gasteiger partial charge in [0, 0.05) is 37.8 Å². The molecule has 25 heavy (non-hydrogen) atoms. The molecule has 1 spiro atoms. The number of rotatable bonds is 2. The summed E-state index contributed by atoms with van der Waals surface area (Å²) in [5.41, 5.74) is 2.62. The molecular formula is C20H27FN2O2. The first-order chi connectivity index (χ1) is 12.0. The number of ether oxygens (including phenoxy) is 1. The van der Waals surface area contributed by atoms with E-state index in [-0.39, 0.29) is 5.82 Å². The molecule has 0 amide bonds. The van der Waals surface area contributed by atoms with Crippen LogP contribution in [0.1, 0.15) is 47.2 Å². The first-order valence-electron chi connectivity index (χ1n) is 9.32. The lowest BCUT2D eigenvalue weighted by molar-refractivity contribution is -0.0323. The van der Waals surface area contributed by atoms with Crippen LogP contribution in [-0.2, 0) is 17.7 Å². The molecule has 4 rings (SSSR count). The third kappa shape index (κ3) is 3.08. The van der Waals surface area contributed by atoms with Crippen molar-refractivity contribution < 1.29 is 13.9 Å². The van der Waals surface area contributed by atoms with Gasteiger partial charge >= 0.3 is 5.97 Å². The minimum Gasteiger partial charge on any atom is -0.465 e. The number of likely N-dealkylation sites (tertiary alicyclic amines) is 1. The number of halogens is 1. The summed E-state index contributed by atoms with van der Waals surface area (Å²) in [5, 5.41) is 0. The minimum absolute atomic E-state index is 0.268. The Balaban J connectivity index is 1.44. The van der Waals surface area contributed by atoms with Gasteiger partial charge in [-0.2, -0.15) is 0 Å². The van der Waals surface area contributed by atoms with E-state index in [9.17, 15) is 9.18 Å². The minimum atomic E-state index is -0.466. The van der Waals surface area contributed by atoms with Crippen LogP contribution in [-0.4, -0.2) is 55.6 Å². The Morgan fingerprint density at radius 2 is 2.00 bits per heavy atom. The molecule has 0 N–H and O–H groups in total. The van der Waals surface area contributed by atoms with Gasteiger partial charge in [0.15, 0.2) is 0 Å². The van der Waals surface area contributed by atoms with Crippen LogP contribution in [0.5, 0.6) is 0 Å². The highest BCUT2D eigenvalue weighted by molar-refractivity contribution is 5.89. The maximum Gasteiger partial charge on any atom is 0.337 e. The van der Waals surface area contributed by atoms with E-state index in [1.165, 1.54) is 51.9 Å². The van der Waals surface area contributed by atoms with Crippen molar-refractivity contribution in [1.82, 2.24) is 9.80 Å². The average molecular weight is 346 g/mol. The van der Waals surface area contributed by atoms with Crippen LogP contribution in [0.3, 0.4) is 0 Å². The summed E-state index contributed by atoms with van der Waals surface area (Å²) in [7, 11) is 3.53. The number of fused-ring (bicyclic) bond motifs is 1. The number of carbonyl (C=O) groups excluding carboxylic acids is 1. The first kappa shape index (κ1) is 17.0. The number of carbonyl (C=O) groups is 1. The van der Waals surface area contributed by atoms with Crippen LogP contribution in [0.25, 0.3) is 0 Å². The topological polar surface area (TPSA) is 32.8 Å². The molecule has 5 heteroatoms. The van der Waals surface area contributed by atoms with E-state index < -0.39 is 5.97 Å². The molecule has 136 valence electrons. The van der Waals surface area contributed by atoms with E-state index in [1.54, 1.807) is 0 Å². The molecule has 0 unspecified atom stereocenters. The molecule has 1 aromatic carbocycles. The summed E-state index contributed by atoms with van der Waals surface area (Å²) in [6.07, 6.45) is 5.86. The molecule has 0 radical (unpaired) electrons. The molecule has 0 bridgehead atoms. The molecule has 1 saturated heterocycles. The highest BCUT2D eigenvalue weighted by Crippen LogP contribution is 2.44. The molecule has 0 aromatic heterocycles. The highest BCUT2D eigenvalue weighted by Gasteiger charge is 2.44. The van der Waals surface area contributed by atoms with Crippen molar-refractivity contribution in [3.05, 3.63) is 34.6 Å². The average Bonchev–Trinajstić information content (AvgIpc) is 2.60. The van der Waals surface area contributed by atoms with Gasteiger partial charge in [0.25, 0.3) is 0 Å². The number of methoxy groups -OCH3 is 1. The standard InChI is InChI=1S/C20H27FN2O2/c1-22-12-20(13-22)6-3-16(4-7-20)23-8-5-14-9-15(19(24)25-2)10-18(21)17(14)11-23/h9-10,16H,3-8,11-13H2,1-2H3. The molecule has 4 nitrogen and oxygen atoms in total. The Labute approximate surface area is 148 Å². The van der Waals surface area contributed by atoms with E-state index >= 15 is 0 Å². The SMILES string of the molecule is COC(=O)c1cc(F)c2c(c1)CCN(C1CCC3(CC1)CN(C)C3)C2. The second-order valence-electron chi connectivity index (χ2n) is 8.21. The van der Waals surface area contributed by atoms with Crippen LogP contribution >= 0.6 is 0 Å². The fourth-order valence-electron chi connectivity index (χ4n) is 5.18. The zero-order valence-electron chi connectivity index (χ0n) is 15.2. The Morgan fingerprint density at radius 1 is 1.28 bits per heavy atom. The third-order valence-electron chi connectivity index (χ3n) is 6.48. The fourth-order valence-corrected chi connectivity index (χ4v) is 5.18. The van der Waals surface area contributed by atoms with Gasteiger partial charge in [0.2, 0.25) is 0 Å². The van der Waals surface area contributed by atoms with Crippen molar-refractivity contribution in [2.45, 2.75) is 44.7 Å². The van der Waals surface area contributed by atoms with Gasteiger partial charge in [-0.15, -0.1) is 0 Å². The van der Waals surface area contributed by atoms with Crippen molar-refractivity contribution in [2.75, 3.05) is 33.8 Å². The van der Waals surface area contributed by atoms with Gasteiger partial charge in [-0.1, -0.05) is 0 Å². The summed E-state index contributed by atoms with van der Waals surface area (Å²) in [6.45, 7) is 4.11. The van der Waals surface area contributed by atoms with Gasteiger partial charge in [-0.3, -0.25) is 4.90 Å². The maximum atomic E-state index is 14.6. The van der Waals surface area contributed by atoms with E-state index in [0.29, 0.717) is 23.6 Å². The Kier molecular flexibility index (Phi) is 4.32. The zero-order chi connectivity index (χ0) is 17.6. The van der Waals surface area contributed by atoms with Gasteiger partial charge in [0.05, 0.1) is 12.7 Å². The van der Waals surface area contributed by atoms with Crippen molar-refractivity contribution in [3.8, 4) is 0 Å². The second kappa shape index (κ2) is 6.36. The number of hydrogen-bond acceptors (Lipinski definition) is 4. The number of esters is 1. The van der Waals surface area contributed by atoms with Crippen LogP contribution in [0.4, 0.5) is 4.39 Å². The van der Waals surface area contributed by atoms with Crippen LogP contribution < -0.4 is 0 Å². The second-order valence-corrected chi connectivity index (χ2v) is 8.21. The van der Waals surface area contributed by atoms with E-state index in [2.05, 4.69) is 16.8 Å². The van der Waals surface area contributed by atoms with Crippen molar-refractivity contribution in [2.24, 2.45) is 5.41 Å². The number of benzene rings is 1. The summed E-state index contributed by atoms with van der Waals surface area (Å²) < 4.78 is 19.3. The van der Waals surface area contributed by atoms with E-state index in [4.69, 9.17) is 4.74 Å². The molecule has 2 heterocycles. The molecule has 3 aliphatic rings. The van der Waals surface area contributed by atoms with Gasteiger partial charge < -0.3 is 9.64 Å². The maximum absolute atomic E-state index is 14.6. The predicted octanol–water partition coefficient (Wildman–Crippen LogP) is 2.84. The normalized spacial score (nSPS) is 24.0. The zero-order valence-corrected chi connectivity index (χ0v) is 15.2. The monoisotopic (exact) mass is 346 g/mol. The quantitative estimate of drug-likeness (QED) is 0.771. The van der Waals surface area contributed by atoms with E-state index in [1.807, 2.05) is 6.07 Å². The highest BCUT2D eigenvalue weighted by atomic mass is 19.1. The van der Waals surface area contributed by atoms with Gasteiger partial charge in [0.1, 0.15) is 5.82 Å². The van der Waals surface area contributed by atoms with Crippen LogP contribution in [0.2, 0.25) is 0 Å². The van der Waals surface area contributed by atoms with Crippen molar-refractivity contribution in [1.29, 1.82) is 0 Å². The number of hydrogen-bond donors (Lipinski definition) is 0. The molecule has 1 aromatic rings. The van der Waals surface area contributed by atoms with Crippen molar-refractivity contribution >= 4 is 5.97 Å². The lowest BCUT2D eigenvalue weighted by Gasteiger charge is -2.53. The molecule has 2 fully saturated rings. The molecule has 1 aliphatic carbocycles. The van der Waals surface area contributed by atoms with Gasteiger partial charge in [-0.05, 0) is 62.3 Å². The van der Waals surface area contributed by atoms with Crippen LogP contribution in [0.15, 0.2) is 12.1 Å². The number of nitrogens with zero attached hydrogens (tertiary/aromatic N) is 2. The van der Waals surface area contributed by atoms with E-state index in [0.717, 1.165) is 24.1 Å². The Bertz CT molecular complexity index is 675. The van der Waals surface area contributed by atoms with Gasteiger partial charge in [-0.25, -0.2) is 9.18 Å². The Hall–Kier alpha value is -1.46. The lowest BCUT2D eigenvalue weighted by atomic mass is 9.67. The first-order valence-corrected chi connectivity index (χ1v) is 9.32. The fraction of sp³-hybridized carbons (Fsp3) is 0.650. The molecule has 2 aliphatic heterocycles. The summed E-state index contributed by atoms with van der Waals surface area (Å²) in [4.78, 5) is 16.5. The molecule has 1 saturated carbocycles. The van der Waals surface area contributed by atoms with Crippen LogP contribution in [0, 0.1) is 11.2 Å². The molecular weight excluding hydrogens is 319 g/mol. The Morgan fingerprint density at radius 3 is 2.64 bits per heavy atom. The lowest BCUT2D eigenvalue weighted by Crippen LogP contribution is -2.57. The summed E-state index contributed by atoms with van der Waals surface area (Å²) >= 11 is 0. The largest absolute Gasteiger partial charge is 0.465 e. The smallest absolute Gasteiger partial charge is 0.337 e. The van der Waals surface area contributed by atoms with Crippen molar-refractivity contribution in [3.63, 3.8) is 0 Å².